The molecule has 0 spiro atoms. The van der Waals surface area contributed by atoms with Gasteiger partial charge in [-0.2, -0.15) is 0 Å². The summed E-state index contributed by atoms with van der Waals surface area (Å²) in [6.45, 7) is 8.92. The number of carboxylic acids is 1. The Bertz CT molecular complexity index is 1900. The summed E-state index contributed by atoms with van der Waals surface area (Å²) >= 11 is 0. The molecule has 0 aliphatic rings. The van der Waals surface area contributed by atoms with Crippen molar-refractivity contribution < 1.29 is 73.1 Å². The largest absolute Gasteiger partial charge is 0.480 e. The van der Waals surface area contributed by atoms with E-state index in [1.54, 1.807) is 65.0 Å². The van der Waals surface area contributed by atoms with Gasteiger partial charge in [0.15, 0.2) is 0 Å². The number of nitrogens with one attached hydrogen (secondary N) is 6. The van der Waals surface area contributed by atoms with Crippen LogP contribution in [0.2, 0.25) is 0 Å². The highest BCUT2D eigenvalue weighted by atomic mass is 16.5. The molecule has 1 rings (SSSR count). The fourth-order valence-electron chi connectivity index (χ4n) is 6.56. The van der Waals surface area contributed by atoms with Crippen LogP contribution in [-0.4, -0.2) is 159 Å². The van der Waals surface area contributed by atoms with E-state index in [0.717, 1.165) is 12.5 Å². The number of hydrogen-bond donors (Lipinski definition) is 13. The number of imide groups is 1. The van der Waals surface area contributed by atoms with E-state index in [4.69, 9.17) is 27.0 Å². The van der Waals surface area contributed by atoms with Gasteiger partial charge in [-0.15, -0.1) is 0 Å². The van der Waals surface area contributed by atoms with Gasteiger partial charge in [-0.1, -0.05) is 78.3 Å². The predicted octanol–water partition coefficient (Wildman–Crippen LogP) is -3.43. The van der Waals surface area contributed by atoms with Crippen LogP contribution in [0, 0.1) is 17.8 Å². The first-order chi connectivity index (χ1) is 32.3. The van der Waals surface area contributed by atoms with Crippen LogP contribution >= 0.6 is 0 Å². The van der Waals surface area contributed by atoms with Gasteiger partial charge in [0.05, 0.1) is 37.8 Å². The van der Waals surface area contributed by atoms with E-state index in [9.17, 15) is 63.3 Å². The quantitative estimate of drug-likeness (QED) is 0.0334. The summed E-state index contributed by atoms with van der Waals surface area (Å²) in [5, 5.41) is 53.3. The minimum atomic E-state index is -1.88. The van der Waals surface area contributed by atoms with Crippen LogP contribution in [0.15, 0.2) is 30.3 Å². The van der Waals surface area contributed by atoms with Gasteiger partial charge in [0.25, 0.3) is 5.91 Å². The number of amides is 9. The second-order valence-electron chi connectivity index (χ2n) is 17.4. The zero-order chi connectivity index (χ0) is 52.7. The van der Waals surface area contributed by atoms with Gasteiger partial charge in [0, 0.05) is 6.54 Å². The number of benzene rings is 1. The molecule has 1 unspecified atom stereocenters. The van der Waals surface area contributed by atoms with Gasteiger partial charge in [-0.05, 0) is 49.5 Å². The number of aliphatic carboxylic acids is 1. The number of carbonyl (C=O) groups is 10. The maximum Gasteiger partial charge on any atom is 0.407 e. The lowest BCUT2D eigenvalue weighted by atomic mass is 9.92. The molecule has 0 aliphatic carbocycles. The standard InChI is InChI=1S/C44H72N10O15/c1-8-24(6)35(40(63)53-34(25(7)56)39(62)49-19-32(58)50-28(18-31(46)57)37(60)52-30(20-55)43(66)67)54(42(65)29(17-22(2)3)51-38(61)33(47)36(59)23(4)5)41(64)27(45)15-12-16-48-44(68)69-21-26-13-10-9-11-14-26/h9-11,13-14,22-25,27-30,33-36,55-56,59H,8,12,15-21,45,47H2,1-7H3,(H2,46,57)(H,48,68)(H,49,62)(H,50,58)(H,51,61)(H,52,60)(H,53,63)(H,66,67)/t24?,25-,27+,28-,29-,30-,33-,34-,35-,36+/m0/s1. The number of aliphatic hydroxyl groups excluding tert-OH is 3. The average molecular weight is 981 g/mol. The van der Waals surface area contributed by atoms with Crippen LogP contribution in [0.5, 0.6) is 0 Å². The number of hydrogen-bond acceptors (Lipinski definition) is 16. The molecule has 16 N–H and O–H groups in total. The molecule has 0 aliphatic heterocycles. The third-order valence-electron chi connectivity index (χ3n) is 10.7. The number of nitrogens with zero attached hydrogens (tertiary/aromatic N) is 1. The van der Waals surface area contributed by atoms with Gasteiger partial charge in [0.2, 0.25) is 41.4 Å². The van der Waals surface area contributed by atoms with Crippen LogP contribution < -0.4 is 49.1 Å². The Kier molecular flexibility index (Phi) is 26.6. The van der Waals surface area contributed by atoms with Crippen LogP contribution in [0.1, 0.15) is 86.1 Å². The monoisotopic (exact) mass is 981 g/mol. The van der Waals surface area contributed by atoms with E-state index < -0.39 is 145 Å². The molecule has 1 aromatic carbocycles. The zero-order valence-electron chi connectivity index (χ0n) is 40.1. The molecule has 0 fully saturated rings. The molecule has 0 bridgehead atoms. The first-order valence-electron chi connectivity index (χ1n) is 22.6. The van der Waals surface area contributed by atoms with Crippen molar-refractivity contribution in [1.29, 1.82) is 0 Å². The topological polar surface area (TPSA) is 414 Å². The molecule has 0 saturated carbocycles. The Morgan fingerprint density at radius 3 is 1.88 bits per heavy atom. The fraction of sp³-hybridized carbons (Fsp3) is 0.636. The number of nitrogens with two attached hydrogens (primary N) is 3. The van der Waals surface area contributed by atoms with Gasteiger partial charge in [0.1, 0.15) is 42.9 Å². The Balaban J connectivity index is 3.54. The summed E-state index contributed by atoms with van der Waals surface area (Å²) in [5.41, 5.74) is 18.4. The SMILES string of the molecule is CCC(C)[C@@H](C(=O)N[C@H](C(=O)NCC(=O)N[C@@H](CC(N)=O)C(=O)N[C@@H](CO)C(=O)O)[C@H](C)O)N(C(=O)[C@H](N)CCCNC(=O)OCc1ccccc1)C(=O)[C@H](CC(C)C)NC(=O)[C@@H](N)[C@H](O)C(C)C. The summed E-state index contributed by atoms with van der Waals surface area (Å²) in [7, 11) is 0. The zero-order valence-corrected chi connectivity index (χ0v) is 40.1. The molecule has 0 saturated heterocycles. The fourth-order valence-corrected chi connectivity index (χ4v) is 6.56. The van der Waals surface area contributed by atoms with Crippen molar-refractivity contribution in [3.8, 4) is 0 Å². The first kappa shape index (κ1) is 60.7. The second kappa shape index (κ2) is 30.3. The van der Waals surface area contributed by atoms with Gasteiger partial charge < -0.3 is 74.3 Å². The van der Waals surface area contributed by atoms with Crippen molar-refractivity contribution in [2.24, 2.45) is 35.0 Å². The average Bonchev–Trinajstić information content (AvgIpc) is 3.29. The number of alkyl carbamates (subject to hydrolysis) is 1. The molecular formula is C44H72N10O15. The Morgan fingerprint density at radius 2 is 1.36 bits per heavy atom. The maximum atomic E-state index is 14.8. The molecular weight excluding hydrogens is 909 g/mol. The Labute approximate surface area is 400 Å². The van der Waals surface area contributed by atoms with Crippen molar-refractivity contribution >= 4 is 59.3 Å². The Morgan fingerprint density at radius 1 is 0.754 bits per heavy atom. The van der Waals surface area contributed by atoms with E-state index in [1.807, 2.05) is 5.32 Å². The van der Waals surface area contributed by atoms with Crippen molar-refractivity contribution in [1.82, 2.24) is 36.8 Å². The smallest absolute Gasteiger partial charge is 0.407 e. The molecule has 9 amide bonds. The highest BCUT2D eigenvalue weighted by Gasteiger charge is 2.44. The molecule has 10 atom stereocenters. The van der Waals surface area contributed by atoms with Crippen molar-refractivity contribution in [2.75, 3.05) is 19.7 Å². The maximum absolute atomic E-state index is 14.8. The van der Waals surface area contributed by atoms with Crippen LogP contribution in [0.25, 0.3) is 0 Å². The Hall–Kier alpha value is -6.28. The molecule has 25 heteroatoms. The minimum Gasteiger partial charge on any atom is -0.480 e. The number of carbonyl (C=O) groups excluding carboxylic acids is 9. The highest BCUT2D eigenvalue weighted by molar-refractivity contribution is 6.06. The van der Waals surface area contributed by atoms with Crippen molar-refractivity contribution in [3.63, 3.8) is 0 Å². The van der Waals surface area contributed by atoms with E-state index in [-0.39, 0.29) is 44.8 Å². The third-order valence-corrected chi connectivity index (χ3v) is 10.7. The minimum absolute atomic E-state index is 0.00726. The number of ether oxygens (including phenoxy) is 1. The lowest BCUT2D eigenvalue weighted by Crippen LogP contribution is -2.65. The summed E-state index contributed by atoms with van der Waals surface area (Å²) < 4.78 is 5.21. The van der Waals surface area contributed by atoms with Gasteiger partial charge in [-0.3, -0.25) is 43.3 Å². The molecule has 0 heterocycles. The summed E-state index contributed by atoms with van der Waals surface area (Å²) in [5.74, 6) is -12.2. The van der Waals surface area contributed by atoms with Crippen molar-refractivity contribution in [3.05, 3.63) is 35.9 Å². The van der Waals surface area contributed by atoms with Crippen molar-refractivity contribution in [2.45, 2.75) is 142 Å². The van der Waals surface area contributed by atoms with Crippen LogP contribution in [-0.2, 0) is 54.5 Å². The third kappa shape index (κ3) is 20.9. The molecule has 69 heavy (non-hydrogen) atoms. The number of aliphatic hydroxyl groups is 3. The lowest BCUT2D eigenvalue weighted by Gasteiger charge is -2.38. The number of rotatable bonds is 30. The molecule has 25 nitrogen and oxygen atoms in total. The molecule has 0 radical (unpaired) electrons. The number of carboxylic acid groups (broad SMARTS) is 1. The molecule has 1 aromatic rings. The highest BCUT2D eigenvalue weighted by Crippen LogP contribution is 2.22. The molecule has 388 valence electrons. The summed E-state index contributed by atoms with van der Waals surface area (Å²) in [6.07, 6.45) is -4.63. The predicted molar refractivity (Wildman–Crippen MR) is 246 cm³/mol. The van der Waals surface area contributed by atoms with Crippen LogP contribution in [0.3, 0.4) is 0 Å². The van der Waals surface area contributed by atoms with E-state index >= 15 is 0 Å². The van der Waals surface area contributed by atoms with E-state index in [0.29, 0.717) is 4.90 Å². The van der Waals surface area contributed by atoms with Gasteiger partial charge >= 0.3 is 12.1 Å². The lowest BCUT2D eigenvalue weighted by molar-refractivity contribution is -0.157. The van der Waals surface area contributed by atoms with Gasteiger partial charge in [-0.25, -0.2) is 9.59 Å². The van der Waals surface area contributed by atoms with E-state index in [2.05, 4.69) is 26.6 Å². The normalized spacial score (nSPS) is 15.6. The first-order valence-corrected chi connectivity index (χ1v) is 22.6. The second-order valence-corrected chi connectivity index (χ2v) is 17.4. The molecule has 0 aromatic heterocycles. The summed E-state index contributed by atoms with van der Waals surface area (Å²) in [6, 6.07) is -2.84. The number of primary amides is 1. The van der Waals surface area contributed by atoms with Crippen LogP contribution in [0.4, 0.5) is 4.79 Å². The van der Waals surface area contributed by atoms with E-state index in [1.165, 1.54) is 6.92 Å². The summed E-state index contributed by atoms with van der Waals surface area (Å²) in [4.78, 5) is 132.